The highest BCUT2D eigenvalue weighted by Crippen LogP contribution is 2.39. The van der Waals surface area contributed by atoms with Crippen LogP contribution in [-0.2, 0) is 4.79 Å². The van der Waals surface area contributed by atoms with Crippen molar-refractivity contribution < 1.29 is 9.72 Å². The van der Waals surface area contributed by atoms with E-state index in [1.54, 1.807) is 30.0 Å². The van der Waals surface area contributed by atoms with Crippen molar-refractivity contribution in [3.05, 3.63) is 28.3 Å². The maximum atomic E-state index is 10.9. The SMILES string of the molecule is CN1c2ccc([N+](=O)[O-])cc2N(C)C1C=O. The zero-order valence-corrected chi connectivity index (χ0v) is 8.95. The van der Waals surface area contributed by atoms with Gasteiger partial charge in [-0.1, -0.05) is 0 Å². The smallest absolute Gasteiger partial charge is 0.271 e. The molecule has 1 aliphatic heterocycles. The van der Waals surface area contributed by atoms with Gasteiger partial charge in [0.2, 0.25) is 0 Å². The van der Waals surface area contributed by atoms with Crippen LogP contribution in [0, 0.1) is 10.1 Å². The van der Waals surface area contributed by atoms with Gasteiger partial charge in [0.25, 0.3) is 5.69 Å². The van der Waals surface area contributed by atoms with E-state index in [1.807, 2.05) is 0 Å². The summed E-state index contributed by atoms with van der Waals surface area (Å²) in [6.45, 7) is 0. The summed E-state index contributed by atoms with van der Waals surface area (Å²) < 4.78 is 0. The van der Waals surface area contributed by atoms with E-state index in [0.29, 0.717) is 5.69 Å². The highest BCUT2D eigenvalue weighted by molar-refractivity contribution is 5.86. The third-order valence-electron chi connectivity index (χ3n) is 2.85. The Morgan fingerprint density at radius 1 is 1.31 bits per heavy atom. The van der Waals surface area contributed by atoms with Crippen LogP contribution < -0.4 is 9.80 Å². The summed E-state index contributed by atoms with van der Waals surface area (Å²) in [5.41, 5.74) is 1.56. The van der Waals surface area contributed by atoms with E-state index in [-0.39, 0.29) is 5.69 Å². The van der Waals surface area contributed by atoms with Gasteiger partial charge in [0.15, 0.2) is 12.5 Å². The first-order chi connectivity index (χ1) is 7.56. The molecule has 2 rings (SSSR count). The fourth-order valence-electron chi connectivity index (χ4n) is 1.93. The van der Waals surface area contributed by atoms with Gasteiger partial charge < -0.3 is 9.80 Å². The maximum absolute atomic E-state index is 10.9. The number of non-ortho nitro benzene ring substituents is 1. The van der Waals surface area contributed by atoms with Crippen LogP contribution in [0.2, 0.25) is 0 Å². The second-order valence-electron chi connectivity index (χ2n) is 3.70. The van der Waals surface area contributed by atoms with Crippen LogP contribution >= 0.6 is 0 Å². The monoisotopic (exact) mass is 221 g/mol. The molecular formula is C10H11N3O3. The molecule has 1 atom stereocenters. The lowest BCUT2D eigenvalue weighted by Crippen LogP contribution is -2.40. The van der Waals surface area contributed by atoms with E-state index in [9.17, 15) is 14.9 Å². The summed E-state index contributed by atoms with van der Waals surface area (Å²) in [5.74, 6) is 0. The number of nitro benzene ring substituents is 1. The molecule has 0 aromatic heterocycles. The first kappa shape index (κ1) is 10.4. The Labute approximate surface area is 92.2 Å². The van der Waals surface area contributed by atoms with Gasteiger partial charge in [-0.25, -0.2) is 0 Å². The zero-order valence-electron chi connectivity index (χ0n) is 8.95. The van der Waals surface area contributed by atoms with Gasteiger partial charge in [-0.2, -0.15) is 0 Å². The van der Waals surface area contributed by atoms with Crippen molar-refractivity contribution in [2.75, 3.05) is 23.9 Å². The zero-order chi connectivity index (χ0) is 11.9. The third kappa shape index (κ3) is 1.30. The minimum absolute atomic E-state index is 0.0329. The number of aldehydes is 1. The van der Waals surface area contributed by atoms with Crippen LogP contribution in [0.15, 0.2) is 18.2 Å². The van der Waals surface area contributed by atoms with Crippen molar-refractivity contribution in [3.63, 3.8) is 0 Å². The van der Waals surface area contributed by atoms with Gasteiger partial charge in [-0.3, -0.25) is 14.9 Å². The Bertz CT molecular complexity index is 461. The van der Waals surface area contributed by atoms with Crippen molar-refractivity contribution in [1.82, 2.24) is 0 Å². The van der Waals surface area contributed by atoms with E-state index in [2.05, 4.69) is 0 Å². The molecule has 1 aliphatic rings. The minimum atomic E-state index is -0.442. The molecule has 0 amide bonds. The fourth-order valence-corrected chi connectivity index (χ4v) is 1.93. The molecule has 0 aliphatic carbocycles. The first-order valence-corrected chi connectivity index (χ1v) is 4.75. The number of hydrogen-bond donors (Lipinski definition) is 0. The van der Waals surface area contributed by atoms with Crippen LogP contribution in [0.1, 0.15) is 0 Å². The molecule has 0 radical (unpaired) electrons. The van der Waals surface area contributed by atoms with Crippen molar-refractivity contribution in [3.8, 4) is 0 Å². The quantitative estimate of drug-likeness (QED) is 0.423. The molecule has 1 heterocycles. The van der Waals surface area contributed by atoms with Crippen molar-refractivity contribution >= 4 is 23.3 Å². The summed E-state index contributed by atoms with van der Waals surface area (Å²) in [7, 11) is 3.53. The number of fused-ring (bicyclic) bond motifs is 1. The van der Waals surface area contributed by atoms with Crippen LogP contribution in [0.4, 0.5) is 17.1 Å². The van der Waals surface area contributed by atoms with E-state index in [1.165, 1.54) is 12.1 Å². The molecule has 1 aromatic rings. The Morgan fingerprint density at radius 2 is 1.94 bits per heavy atom. The van der Waals surface area contributed by atoms with E-state index in [0.717, 1.165) is 12.0 Å². The third-order valence-corrected chi connectivity index (χ3v) is 2.85. The van der Waals surface area contributed by atoms with Gasteiger partial charge in [0.1, 0.15) is 0 Å². The number of carbonyl (C=O) groups excluding carboxylic acids is 1. The molecule has 6 nitrogen and oxygen atoms in total. The van der Waals surface area contributed by atoms with Crippen LogP contribution in [0.5, 0.6) is 0 Å². The molecule has 1 aromatic carbocycles. The summed E-state index contributed by atoms with van der Waals surface area (Å²) in [6.07, 6.45) is 0.420. The summed E-state index contributed by atoms with van der Waals surface area (Å²) in [6, 6.07) is 4.58. The van der Waals surface area contributed by atoms with Crippen molar-refractivity contribution in [2.24, 2.45) is 0 Å². The standard InChI is InChI=1S/C10H11N3O3/c1-11-8-4-3-7(13(15)16)5-9(8)12(2)10(11)6-14/h3-6,10H,1-2H3. The number of nitro groups is 1. The fraction of sp³-hybridized carbons (Fsp3) is 0.300. The second-order valence-corrected chi connectivity index (χ2v) is 3.70. The lowest BCUT2D eigenvalue weighted by molar-refractivity contribution is -0.384. The molecule has 0 N–H and O–H groups in total. The Morgan fingerprint density at radius 3 is 2.50 bits per heavy atom. The lowest BCUT2D eigenvalue weighted by Gasteiger charge is -2.21. The highest BCUT2D eigenvalue weighted by Gasteiger charge is 2.31. The lowest BCUT2D eigenvalue weighted by atomic mass is 10.2. The van der Waals surface area contributed by atoms with Gasteiger partial charge in [0, 0.05) is 26.2 Å². The molecule has 6 heteroatoms. The van der Waals surface area contributed by atoms with E-state index < -0.39 is 11.1 Å². The van der Waals surface area contributed by atoms with Crippen LogP contribution in [0.25, 0.3) is 0 Å². The summed E-state index contributed by atoms with van der Waals surface area (Å²) in [4.78, 5) is 24.6. The molecule has 1 unspecified atom stereocenters. The normalized spacial score (nSPS) is 18.5. The average molecular weight is 221 g/mol. The molecule has 0 spiro atoms. The van der Waals surface area contributed by atoms with Gasteiger partial charge in [-0.05, 0) is 6.07 Å². The Balaban J connectivity index is 2.51. The maximum Gasteiger partial charge on any atom is 0.271 e. The number of hydrogen-bond acceptors (Lipinski definition) is 5. The number of rotatable bonds is 2. The van der Waals surface area contributed by atoms with Crippen molar-refractivity contribution in [1.29, 1.82) is 0 Å². The average Bonchev–Trinajstić information content (AvgIpc) is 2.51. The molecule has 0 saturated heterocycles. The summed E-state index contributed by atoms with van der Waals surface area (Å²) in [5, 5.41) is 10.6. The largest absolute Gasteiger partial charge is 0.347 e. The predicted molar refractivity (Wildman–Crippen MR) is 59.8 cm³/mol. The van der Waals surface area contributed by atoms with E-state index in [4.69, 9.17) is 0 Å². The first-order valence-electron chi connectivity index (χ1n) is 4.75. The molecule has 0 saturated carbocycles. The Kier molecular flexibility index (Phi) is 2.26. The molecule has 84 valence electrons. The van der Waals surface area contributed by atoms with Crippen LogP contribution in [-0.4, -0.2) is 31.5 Å². The Hall–Kier alpha value is -2.11. The number of anilines is 2. The molecule has 16 heavy (non-hydrogen) atoms. The van der Waals surface area contributed by atoms with Gasteiger partial charge in [-0.15, -0.1) is 0 Å². The number of carbonyl (C=O) groups is 1. The number of nitrogens with zero attached hydrogens (tertiary/aromatic N) is 3. The second kappa shape index (κ2) is 3.48. The highest BCUT2D eigenvalue weighted by atomic mass is 16.6. The summed E-state index contributed by atoms with van der Waals surface area (Å²) >= 11 is 0. The minimum Gasteiger partial charge on any atom is -0.347 e. The van der Waals surface area contributed by atoms with Crippen molar-refractivity contribution in [2.45, 2.75) is 6.17 Å². The van der Waals surface area contributed by atoms with E-state index >= 15 is 0 Å². The van der Waals surface area contributed by atoms with Gasteiger partial charge in [0.05, 0.1) is 16.3 Å². The molecular weight excluding hydrogens is 210 g/mol. The topological polar surface area (TPSA) is 66.7 Å². The predicted octanol–water partition coefficient (Wildman–Crippen LogP) is 1.01. The molecule has 0 fully saturated rings. The number of likely N-dealkylation sites (N-methyl/N-ethyl adjacent to an activating group) is 2. The van der Waals surface area contributed by atoms with Crippen LogP contribution in [0.3, 0.4) is 0 Å². The van der Waals surface area contributed by atoms with Gasteiger partial charge >= 0.3 is 0 Å². The number of benzene rings is 1. The molecule has 0 bridgehead atoms.